The van der Waals surface area contributed by atoms with E-state index in [0.717, 1.165) is 4.68 Å². The van der Waals surface area contributed by atoms with Crippen molar-refractivity contribution in [1.29, 1.82) is 0 Å². The molecule has 0 bridgehead atoms. The molecule has 2 heterocycles. The van der Waals surface area contributed by atoms with E-state index in [1.54, 1.807) is 32.0 Å². The number of fused-ring (bicyclic) bond motifs is 1. The molecule has 10 heteroatoms. The highest BCUT2D eigenvalue weighted by Gasteiger charge is 2.41. The van der Waals surface area contributed by atoms with Crippen LogP contribution in [-0.2, 0) is 12.4 Å². The molecule has 1 N–H and O–H groups in total. The number of anilines is 1. The van der Waals surface area contributed by atoms with Crippen molar-refractivity contribution in [2.75, 3.05) is 12.4 Å². The molecule has 1 aromatic carbocycles. The van der Waals surface area contributed by atoms with Gasteiger partial charge in [-0.3, -0.25) is 0 Å². The molecule has 3 aromatic rings. The van der Waals surface area contributed by atoms with Crippen molar-refractivity contribution in [2.24, 2.45) is 0 Å². The molecular weight excluding hydrogens is 374 g/mol. The van der Waals surface area contributed by atoms with Crippen LogP contribution >= 0.6 is 0 Å². The lowest BCUT2D eigenvalue weighted by Gasteiger charge is -2.14. The number of nitrogens with zero attached hydrogens (tertiary/aromatic N) is 3. The highest BCUT2D eigenvalue weighted by molar-refractivity contribution is 5.92. The van der Waals surface area contributed by atoms with Gasteiger partial charge in [0.05, 0.1) is 16.6 Å². The van der Waals surface area contributed by atoms with Crippen LogP contribution in [0, 0.1) is 13.8 Å². The van der Waals surface area contributed by atoms with E-state index in [2.05, 4.69) is 15.4 Å². The van der Waals surface area contributed by atoms with E-state index in [9.17, 15) is 26.3 Å². The maximum atomic E-state index is 13.5. The fourth-order valence-electron chi connectivity index (χ4n) is 2.99. The second-order valence-corrected chi connectivity index (χ2v) is 6.00. The Hall–Kier alpha value is -2.78. The molecule has 0 saturated carbocycles. The molecule has 2 aromatic heterocycles. The minimum absolute atomic E-state index is 0.0138. The molecule has 0 aliphatic heterocycles. The van der Waals surface area contributed by atoms with Gasteiger partial charge in [0.25, 0.3) is 0 Å². The summed E-state index contributed by atoms with van der Waals surface area (Å²) in [5, 5.41) is 6.07. The fourth-order valence-corrected chi connectivity index (χ4v) is 2.99. The number of hydrogen-bond donors (Lipinski definition) is 1. The highest BCUT2D eigenvalue weighted by Crippen LogP contribution is 2.41. The molecule has 0 radical (unpaired) electrons. The van der Waals surface area contributed by atoms with Gasteiger partial charge in [-0.2, -0.15) is 26.3 Å². The topological polar surface area (TPSA) is 42.7 Å². The number of halogens is 6. The van der Waals surface area contributed by atoms with Gasteiger partial charge in [-0.05, 0) is 31.0 Å². The Morgan fingerprint density at radius 3 is 2.04 bits per heavy atom. The van der Waals surface area contributed by atoms with Crippen molar-refractivity contribution in [3.05, 3.63) is 46.6 Å². The molecule has 0 amide bonds. The molecule has 144 valence electrons. The monoisotopic (exact) mass is 388 g/mol. The van der Waals surface area contributed by atoms with Crippen molar-refractivity contribution >= 4 is 16.9 Å². The maximum Gasteiger partial charge on any atom is 0.433 e. The lowest BCUT2D eigenvalue weighted by atomic mass is 10.1. The van der Waals surface area contributed by atoms with E-state index in [1.807, 2.05) is 0 Å². The summed E-state index contributed by atoms with van der Waals surface area (Å²) in [7, 11) is 1.37. The van der Waals surface area contributed by atoms with E-state index < -0.39 is 34.6 Å². The number of pyridine rings is 1. The summed E-state index contributed by atoms with van der Waals surface area (Å²) < 4.78 is 80.8. The largest absolute Gasteiger partial charge is 0.433 e. The molecule has 0 aliphatic rings. The molecule has 3 rings (SSSR count). The third-order valence-electron chi connectivity index (χ3n) is 4.13. The fraction of sp³-hybridized carbons (Fsp3) is 0.294. The summed E-state index contributed by atoms with van der Waals surface area (Å²) in [6.45, 7) is 3.46. The van der Waals surface area contributed by atoms with Gasteiger partial charge < -0.3 is 5.32 Å². The SMILES string of the molecule is CNc1c2c(C(F)(F)F)cc(C(F)(F)F)nc2nn1-c1c(C)cccc1C. The van der Waals surface area contributed by atoms with Crippen LogP contribution in [0.4, 0.5) is 32.2 Å². The zero-order valence-electron chi connectivity index (χ0n) is 14.4. The lowest BCUT2D eigenvalue weighted by Crippen LogP contribution is -2.13. The first kappa shape index (κ1) is 19.0. The molecule has 0 saturated heterocycles. The number of benzene rings is 1. The van der Waals surface area contributed by atoms with E-state index in [0.29, 0.717) is 16.8 Å². The molecule has 0 fully saturated rings. The van der Waals surface area contributed by atoms with Crippen LogP contribution in [0.1, 0.15) is 22.4 Å². The van der Waals surface area contributed by atoms with Crippen molar-refractivity contribution in [3.8, 4) is 5.69 Å². The third kappa shape index (κ3) is 3.19. The average molecular weight is 388 g/mol. The normalized spacial score (nSPS) is 12.6. The smallest absolute Gasteiger partial charge is 0.372 e. The predicted molar refractivity (Wildman–Crippen MR) is 87.9 cm³/mol. The van der Waals surface area contributed by atoms with Crippen molar-refractivity contribution < 1.29 is 26.3 Å². The minimum Gasteiger partial charge on any atom is -0.372 e. The first-order chi connectivity index (χ1) is 12.4. The van der Waals surface area contributed by atoms with E-state index in [4.69, 9.17) is 0 Å². The van der Waals surface area contributed by atoms with Crippen molar-refractivity contribution in [3.63, 3.8) is 0 Å². The zero-order valence-corrected chi connectivity index (χ0v) is 14.4. The molecule has 0 unspecified atom stereocenters. The van der Waals surface area contributed by atoms with Crippen LogP contribution in [0.3, 0.4) is 0 Å². The highest BCUT2D eigenvalue weighted by atomic mass is 19.4. The van der Waals surface area contributed by atoms with Crippen LogP contribution in [-0.4, -0.2) is 21.8 Å². The van der Waals surface area contributed by atoms with Crippen molar-refractivity contribution in [2.45, 2.75) is 26.2 Å². The van der Waals surface area contributed by atoms with Crippen molar-refractivity contribution in [1.82, 2.24) is 14.8 Å². The maximum absolute atomic E-state index is 13.5. The standard InChI is InChI=1S/C17H14F6N4/c1-8-5-4-6-9(2)13(8)27-15(24-3)12-10(16(18,19)20)7-11(17(21,22)23)25-14(12)26-27/h4-7,24H,1-3H3. The summed E-state index contributed by atoms with van der Waals surface area (Å²) in [5.74, 6) is -0.0871. The summed E-state index contributed by atoms with van der Waals surface area (Å²) >= 11 is 0. The van der Waals surface area contributed by atoms with Gasteiger partial charge in [-0.25, -0.2) is 9.67 Å². The average Bonchev–Trinajstić information content (AvgIpc) is 2.89. The summed E-state index contributed by atoms with van der Waals surface area (Å²) in [4.78, 5) is 3.34. The number of alkyl halides is 6. The molecular formula is C17H14F6N4. The quantitative estimate of drug-likeness (QED) is 0.620. The first-order valence-corrected chi connectivity index (χ1v) is 7.77. The number of aryl methyl sites for hydroxylation is 2. The summed E-state index contributed by atoms with van der Waals surface area (Å²) in [6.07, 6.45) is -10.0. The van der Waals surface area contributed by atoms with Gasteiger partial charge >= 0.3 is 12.4 Å². The van der Waals surface area contributed by atoms with Gasteiger partial charge in [0.15, 0.2) is 5.65 Å². The van der Waals surface area contributed by atoms with E-state index in [1.165, 1.54) is 7.05 Å². The summed E-state index contributed by atoms with van der Waals surface area (Å²) in [5.41, 5.74) is -1.85. The van der Waals surface area contributed by atoms with Gasteiger partial charge in [0.1, 0.15) is 11.5 Å². The van der Waals surface area contributed by atoms with Gasteiger partial charge in [-0.1, -0.05) is 18.2 Å². The number of para-hydroxylation sites is 1. The Morgan fingerprint density at radius 1 is 0.963 bits per heavy atom. The number of aromatic nitrogens is 3. The van der Waals surface area contributed by atoms with E-state index >= 15 is 0 Å². The molecule has 4 nitrogen and oxygen atoms in total. The Morgan fingerprint density at radius 2 is 1.56 bits per heavy atom. The Bertz CT molecular complexity index is 997. The first-order valence-electron chi connectivity index (χ1n) is 7.77. The van der Waals surface area contributed by atoms with E-state index in [-0.39, 0.29) is 11.9 Å². The lowest BCUT2D eigenvalue weighted by molar-refractivity contribution is -0.144. The third-order valence-corrected chi connectivity index (χ3v) is 4.13. The number of rotatable bonds is 2. The van der Waals surface area contributed by atoms with Gasteiger partial charge in [0.2, 0.25) is 0 Å². The molecule has 0 spiro atoms. The second-order valence-electron chi connectivity index (χ2n) is 6.00. The van der Waals surface area contributed by atoms with Crippen LogP contribution in [0.5, 0.6) is 0 Å². The van der Waals surface area contributed by atoms with Crippen LogP contribution in [0.15, 0.2) is 24.3 Å². The Kier molecular flexibility index (Phi) is 4.32. The molecule has 0 atom stereocenters. The van der Waals surface area contributed by atoms with Crippen LogP contribution in [0.2, 0.25) is 0 Å². The second kappa shape index (κ2) is 6.14. The Labute approximate surface area is 149 Å². The zero-order chi connectivity index (χ0) is 20.1. The number of nitrogens with one attached hydrogen (secondary N) is 1. The number of hydrogen-bond acceptors (Lipinski definition) is 3. The Balaban J connectivity index is 2.46. The van der Waals surface area contributed by atoms with Gasteiger partial charge in [-0.15, -0.1) is 5.10 Å². The molecule has 27 heavy (non-hydrogen) atoms. The minimum atomic E-state index is -5.03. The van der Waals surface area contributed by atoms with Gasteiger partial charge in [0, 0.05) is 7.05 Å². The van der Waals surface area contributed by atoms with Crippen LogP contribution in [0.25, 0.3) is 16.7 Å². The molecule has 0 aliphatic carbocycles. The summed E-state index contributed by atoms with van der Waals surface area (Å²) in [6, 6.07) is 5.23. The predicted octanol–water partition coefficient (Wildman–Crippen LogP) is 5.12. The van der Waals surface area contributed by atoms with Crippen LogP contribution < -0.4 is 5.32 Å².